The minimum absolute atomic E-state index is 0.468. The molecule has 0 unspecified atom stereocenters. The van der Waals surface area contributed by atoms with Crippen molar-refractivity contribution in [3.05, 3.63) is 5.82 Å². The van der Waals surface area contributed by atoms with Crippen molar-refractivity contribution in [1.82, 2.24) is 20.2 Å². The van der Waals surface area contributed by atoms with Gasteiger partial charge in [0.1, 0.15) is 32.2 Å². The van der Waals surface area contributed by atoms with Crippen LogP contribution in [0.3, 0.4) is 0 Å². The number of aromatic nitrogens is 4. The van der Waals surface area contributed by atoms with E-state index in [1.54, 1.807) is 9.80 Å². The van der Waals surface area contributed by atoms with Crippen LogP contribution in [0.25, 0.3) is 0 Å². The van der Waals surface area contributed by atoms with Gasteiger partial charge in [-0.25, -0.2) is 4.68 Å². The third kappa shape index (κ3) is 3.26. The fraction of sp³-hybridized carbons (Fsp3) is 0.933. The highest BCUT2D eigenvalue weighted by atomic mass is 15.6. The van der Waals surface area contributed by atoms with Crippen LogP contribution in [-0.2, 0) is 0 Å². The zero-order valence-corrected chi connectivity index (χ0v) is 13.5. The van der Waals surface area contributed by atoms with Crippen LogP contribution in [0, 0.1) is 0 Å². The van der Waals surface area contributed by atoms with Gasteiger partial charge in [0.05, 0.1) is 13.1 Å². The number of piperazine rings is 1. The molecule has 1 aromatic rings. The smallest absolute Gasteiger partial charge is 0.209 e. The van der Waals surface area contributed by atoms with E-state index in [0.29, 0.717) is 12.1 Å². The normalized spacial score (nSPS) is 29.4. The van der Waals surface area contributed by atoms with E-state index in [-0.39, 0.29) is 0 Å². The van der Waals surface area contributed by atoms with E-state index in [9.17, 15) is 0 Å². The van der Waals surface area contributed by atoms with Crippen LogP contribution in [0.4, 0.5) is 0 Å². The molecule has 2 N–H and O–H groups in total. The van der Waals surface area contributed by atoms with Crippen molar-refractivity contribution in [2.75, 3.05) is 33.2 Å². The number of hydrogen-bond donors (Lipinski definition) is 2. The second-order valence-corrected chi connectivity index (χ2v) is 6.85. The van der Waals surface area contributed by atoms with Crippen molar-refractivity contribution >= 4 is 0 Å². The predicted octanol–water partition coefficient (Wildman–Crippen LogP) is -0.957. The van der Waals surface area contributed by atoms with Crippen LogP contribution >= 0.6 is 0 Å². The second-order valence-electron chi connectivity index (χ2n) is 6.85. The van der Waals surface area contributed by atoms with Crippen molar-refractivity contribution in [3.8, 4) is 0 Å². The molecule has 6 nitrogen and oxygen atoms in total. The third-order valence-electron chi connectivity index (χ3n) is 5.40. The van der Waals surface area contributed by atoms with Crippen LogP contribution in [0.2, 0.25) is 0 Å². The van der Waals surface area contributed by atoms with E-state index in [1.165, 1.54) is 58.3 Å². The molecule has 0 radical (unpaired) electrons. The van der Waals surface area contributed by atoms with Crippen LogP contribution < -0.4 is 9.80 Å². The van der Waals surface area contributed by atoms with E-state index < -0.39 is 0 Å². The van der Waals surface area contributed by atoms with Gasteiger partial charge >= 0.3 is 0 Å². The molecule has 0 bridgehead atoms. The van der Waals surface area contributed by atoms with E-state index >= 15 is 0 Å². The maximum atomic E-state index is 4.43. The molecule has 1 aromatic heterocycles. The number of likely N-dealkylation sites (N-methyl/N-ethyl adjacent to an activating group) is 1. The van der Waals surface area contributed by atoms with Crippen LogP contribution in [0.1, 0.15) is 63.4 Å². The second kappa shape index (κ2) is 6.83. The number of nitrogens with zero attached hydrogens (tertiary/aromatic N) is 4. The zero-order valence-electron chi connectivity index (χ0n) is 13.5. The topological polar surface area (TPSA) is 52.5 Å². The number of nitrogens with one attached hydrogen (secondary N) is 2. The summed E-state index contributed by atoms with van der Waals surface area (Å²) < 4.78 is 2.17. The number of tetrazole rings is 1. The molecule has 0 amide bonds. The van der Waals surface area contributed by atoms with Crippen molar-refractivity contribution in [3.63, 3.8) is 0 Å². The van der Waals surface area contributed by atoms with Crippen molar-refractivity contribution in [2.45, 2.75) is 57.5 Å². The lowest BCUT2D eigenvalue weighted by molar-refractivity contribution is -1.02. The highest BCUT2D eigenvalue weighted by molar-refractivity contribution is 4.90. The van der Waals surface area contributed by atoms with Gasteiger partial charge in [0.2, 0.25) is 5.82 Å². The Hall–Kier alpha value is -1.01. The molecule has 1 atom stereocenters. The van der Waals surface area contributed by atoms with Crippen molar-refractivity contribution < 1.29 is 9.80 Å². The van der Waals surface area contributed by atoms with Gasteiger partial charge in [0.25, 0.3) is 0 Å². The molecule has 6 heteroatoms. The van der Waals surface area contributed by atoms with Crippen LogP contribution in [0.15, 0.2) is 0 Å². The van der Waals surface area contributed by atoms with Gasteiger partial charge in [-0.3, -0.25) is 0 Å². The van der Waals surface area contributed by atoms with Crippen LogP contribution in [0.5, 0.6) is 0 Å². The summed E-state index contributed by atoms with van der Waals surface area (Å²) in [5, 5.41) is 12.8. The summed E-state index contributed by atoms with van der Waals surface area (Å²) in [5.41, 5.74) is 0. The zero-order chi connectivity index (χ0) is 14.7. The minimum Gasteiger partial charge on any atom is -0.328 e. The third-order valence-corrected chi connectivity index (χ3v) is 5.40. The average Bonchev–Trinajstić information content (AvgIpc) is 3.00. The summed E-state index contributed by atoms with van der Waals surface area (Å²) in [7, 11) is 2.30. The molecule has 2 fully saturated rings. The molecule has 1 aliphatic heterocycles. The van der Waals surface area contributed by atoms with Gasteiger partial charge in [0, 0.05) is 6.42 Å². The van der Waals surface area contributed by atoms with Crippen molar-refractivity contribution in [2.24, 2.45) is 0 Å². The first kappa shape index (κ1) is 14.9. The molecule has 0 spiro atoms. The molecule has 0 aromatic carbocycles. The summed E-state index contributed by atoms with van der Waals surface area (Å²) in [6.45, 7) is 7.28. The summed E-state index contributed by atoms with van der Waals surface area (Å²) in [6.07, 6.45) is 7.64. The first-order chi connectivity index (χ1) is 10.3. The van der Waals surface area contributed by atoms with Gasteiger partial charge in [-0.1, -0.05) is 26.2 Å². The molecule has 2 heterocycles. The summed E-state index contributed by atoms with van der Waals surface area (Å²) in [5.74, 6) is 1.14. The Morgan fingerprint density at radius 3 is 2.52 bits per heavy atom. The SMILES string of the molecule is CC[C@H](c1nnnn1C1CCCCC1)[NH+]1CC[NH+](C)CC1. The van der Waals surface area contributed by atoms with Gasteiger partial charge in [0.15, 0.2) is 0 Å². The van der Waals surface area contributed by atoms with E-state index in [0.717, 1.165) is 12.2 Å². The van der Waals surface area contributed by atoms with Gasteiger partial charge in [-0.2, -0.15) is 0 Å². The molecule has 1 saturated carbocycles. The molecule has 1 aliphatic carbocycles. The summed E-state index contributed by atoms with van der Waals surface area (Å²) in [4.78, 5) is 3.33. The Labute approximate surface area is 127 Å². The van der Waals surface area contributed by atoms with E-state index in [4.69, 9.17) is 0 Å². The van der Waals surface area contributed by atoms with Gasteiger partial charge < -0.3 is 9.80 Å². The Kier molecular flexibility index (Phi) is 4.85. The number of quaternary nitrogens is 2. The van der Waals surface area contributed by atoms with Gasteiger partial charge in [-0.15, -0.1) is 5.10 Å². The predicted molar refractivity (Wildman–Crippen MR) is 80.3 cm³/mol. The lowest BCUT2D eigenvalue weighted by atomic mass is 9.95. The average molecular weight is 294 g/mol. The first-order valence-electron chi connectivity index (χ1n) is 8.73. The lowest BCUT2D eigenvalue weighted by Gasteiger charge is -2.33. The largest absolute Gasteiger partial charge is 0.328 e. The standard InChI is InChI=1S/C15H28N6/c1-3-14(20-11-9-19(2)10-12-20)15-16-17-18-21(15)13-7-5-4-6-8-13/h13-14H,3-12H2,1-2H3/p+2/t14-/m1/s1. The maximum absolute atomic E-state index is 4.43. The fourth-order valence-corrected chi connectivity index (χ4v) is 4.02. The quantitative estimate of drug-likeness (QED) is 0.752. The lowest BCUT2D eigenvalue weighted by Crippen LogP contribution is -3.27. The Morgan fingerprint density at radius 2 is 1.86 bits per heavy atom. The summed E-state index contributed by atoms with van der Waals surface area (Å²) >= 11 is 0. The Bertz CT molecular complexity index is 431. The molecule has 21 heavy (non-hydrogen) atoms. The molecule has 3 rings (SSSR count). The van der Waals surface area contributed by atoms with E-state index in [2.05, 4.69) is 34.2 Å². The van der Waals surface area contributed by atoms with Gasteiger partial charge in [-0.05, 0) is 23.3 Å². The summed E-state index contributed by atoms with van der Waals surface area (Å²) in [6, 6.07) is 1.00. The molecule has 118 valence electrons. The number of rotatable bonds is 4. The minimum atomic E-state index is 0.468. The van der Waals surface area contributed by atoms with Crippen LogP contribution in [-0.4, -0.2) is 53.4 Å². The maximum Gasteiger partial charge on any atom is 0.209 e. The Morgan fingerprint density at radius 1 is 1.14 bits per heavy atom. The highest BCUT2D eigenvalue weighted by Crippen LogP contribution is 2.29. The Balaban J connectivity index is 1.76. The molecular formula is C15H30N6+2. The highest BCUT2D eigenvalue weighted by Gasteiger charge is 2.33. The molecule has 2 aliphatic rings. The molecular weight excluding hydrogens is 264 g/mol. The van der Waals surface area contributed by atoms with Crippen molar-refractivity contribution in [1.29, 1.82) is 0 Å². The molecule has 1 saturated heterocycles. The monoisotopic (exact) mass is 294 g/mol. The number of hydrogen-bond acceptors (Lipinski definition) is 3. The van der Waals surface area contributed by atoms with E-state index in [1.807, 2.05) is 0 Å². The first-order valence-corrected chi connectivity index (χ1v) is 8.73. The fourth-order valence-electron chi connectivity index (χ4n) is 4.02.